The normalized spacial score (nSPS) is 14.8. The lowest BCUT2D eigenvalue weighted by Gasteiger charge is -2.24. The van der Waals surface area contributed by atoms with Gasteiger partial charge in [0, 0.05) is 5.69 Å². The summed E-state index contributed by atoms with van der Waals surface area (Å²) in [5.74, 6) is 0. The second kappa shape index (κ2) is 6.45. The fourth-order valence-electron chi connectivity index (χ4n) is 3.13. The number of hydrogen-bond donors (Lipinski definition) is 1. The van der Waals surface area contributed by atoms with Crippen molar-refractivity contribution in [3.8, 4) is 6.07 Å². The van der Waals surface area contributed by atoms with Crippen LogP contribution in [0.25, 0.3) is 0 Å². The van der Waals surface area contributed by atoms with Crippen molar-refractivity contribution >= 4 is 5.69 Å². The summed E-state index contributed by atoms with van der Waals surface area (Å²) >= 11 is 0. The molecule has 1 atom stereocenters. The maximum absolute atomic E-state index is 9.12. The largest absolute Gasteiger partial charge is 0.377 e. The lowest BCUT2D eigenvalue weighted by Crippen LogP contribution is -2.14. The van der Waals surface area contributed by atoms with Crippen LogP contribution in [0.2, 0.25) is 0 Å². The zero-order chi connectivity index (χ0) is 14.5. The highest BCUT2D eigenvalue weighted by molar-refractivity contribution is 5.57. The van der Waals surface area contributed by atoms with Crippen LogP contribution in [0.5, 0.6) is 0 Å². The molecule has 0 saturated heterocycles. The molecule has 1 aliphatic rings. The van der Waals surface area contributed by atoms with Gasteiger partial charge in [0.05, 0.1) is 18.5 Å². The Bertz CT molecular complexity index is 640. The van der Waals surface area contributed by atoms with Gasteiger partial charge in [0.25, 0.3) is 0 Å². The Morgan fingerprint density at radius 2 is 1.81 bits per heavy atom. The lowest BCUT2D eigenvalue weighted by molar-refractivity contribution is 0.683. The molecule has 0 heterocycles. The van der Waals surface area contributed by atoms with Crippen molar-refractivity contribution < 1.29 is 0 Å². The van der Waals surface area contributed by atoms with E-state index in [2.05, 4.69) is 41.7 Å². The van der Waals surface area contributed by atoms with E-state index in [1.165, 1.54) is 41.6 Å². The molecule has 1 aliphatic carbocycles. The van der Waals surface area contributed by atoms with E-state index in [9.17, 15) is 0 Å². The Kier molecular flexibility index (Phi) is 4.21. The number of anilines is 1. The third-order valence-electron chi connectivity index (χ3n) is 4.22. The Balaban J connectivity index is 1.89. The number of nitriles is 1. The van der Waals surface area contributed by atoms with Crippen LogP contribution in [-0.2, 0) is 12.8 Å². The van der Waals surface area contributed by atoms with Crippen molar-refractivity contribution in [3.63, 3.8) is 0 Å². The number of fused-ring (bicyclic) bond motifs is 1. The first-order valence-electron chi connectivity index (χ1n) is 7.67. The van der Waals surface area contributed by atoms with Crippen LogP contribution >= 0.6 is 0 Å². The SMILES string of the molecule is N#CCC(Nc1cccc2c1CCCC2)c1ccccc1. The molecule has 0 radical (unpaired) electrons. The van der Waals surface area contributed by atoms with E-state index in [1.807, 2.05) is 18.2 Å². The van der Waals surface area contributed by atoms with E-state index in [1.54, 1.807) is 0 Å². The summed E-state index contributed by atoms with van der Waals surface area (Å²) in [5, 5.41) is 12.7. The fourth-order valence-corrected chi connectivity index (χ4v) is 3.13. The van der Waals surface area contributed by atoms with Crippen LogP contribution in [0, 0.1) is 11.3 Å². The van der Waals surface area contributed by atoms with Gasteiger partial charge in [0.15, 0.2) is 0 Å². The van der Waals surface area contributed by atoms with Gasteiger partial charge in [-0.3, -0.25) is 0 Å². The van der Waals surface area contributed by atoms with Crippen molar-refractivity contribution in [1.29, 1.82) is 5.26 Å². The molecule has 21 heavy (non-hydrogen) atoms. The Morgan fingerprint density at radius 3 is 2.62 bits per heavy atom. The molecule has 2 heteroatoms. The molecule has 0 aliphatic heterocycles. The van der Waals surface area contributed by atoms with Gasteiger partial charge >= 0.3 is 0 Å². The Labute approximate surface area is 126 Å². The summed E-state index contributed by atoms with van der Waals surface area (Å²) < 4.78 is 0. The first-order valence-corrected chi connectivity index (χ1v) is 7.67. The Hall–Kier alpha value is -2.27. The molecule has 0 amide bonds. The summed E-state index contributed by atoms with van der Waals surface area (Å²) in [4.78, 5) is 0. The fraction of sp³-hybridized carbons (Fsp3) is 0.316. The zero-order valence-electron chi connectivity index (χ0n) is 12.2. The predicted octanol–water partition coefficient (Wildman–Crippen LogP) is 4.63. The van der Waals surface area contributed by atoms with Gasteiger partial charge in [-0.1, -0.05) is 42.5 Å². The topological polar surface area (TPSA) is 35.8 Å². The molecule has 106 valence electrons. The van der Waals surface area contributed by atoms with E-state index >= 15 is 0 Å². The van der Waals surface area contributed by atoms with Crippen LogP contribution < -0.4 is 5.32 Å². The summed E-state index contributed by atoms with van der Waals surface area (Å²) in [6, 6.07) is 19.1. The molecule has 0 spiro atoms. The maximum atomic E-state index is 9.12. The van der Waals surface area contributed by atoms with Crippen LogP contribution in [0.3, 0.4) is 0 Å². The minimum Gasteiger partial charge on any atom is -0.377 e. The van der Waals surface area contributed by atoms with Gasteiger partial charge in [-0.25, -0.2) is 0 Å². The molecular weight excluding hydrogens is 256 g/mol. The lowest BCUT2D eigenvalue weighted by atomic mass is 9.90. The van der Waals surface area contributed by atoms with Crippen LogP contribution in [0.4, 0.5) is 5.69 Å². The standard InChI is InChI=1S/C19H20N2/c20-14-13-18(16-8-2-1-3-9-16)21-19-12-6-10-15-7-4-5-11-17(15)19/h1-3,6,8-10,12,18,21H,4-5,7,11,13H2. The highest BCUT2D eigenvalue weighted by Crippen LogP contribution is 2.31. The summed E-state index contributed by atoms with van der Waals surface area (Å²) in [7, 11) is 0. The first kappa shape index (κ1) is 13.7. The van der Waals surface area contributed by atoms with E-state index in [0.717, 1.165) is 6.42 Å². The minimum atomic E-state index is 0.0598. The molecule has 3 rings (SSSR count). The van der Waals surface area contributed by atoms with Gasteiger partial charge < -0.3 is 5.32 Å². The van der Waals surface area contributed by atoms with Gasteiger partial charge in [-0.2, -0.15) is 5.26 Å². The molecule has 0 fully saturated rings. The van der Waals surface area contributed by atoms with E-state index in [4.69, 9.17) is 5.26 Å². The quantitative estimate of drug-likeness (QED) is 0.883. The molecule has 1 unspecified atom stereocenters. The Morgan fingerprint density at radius 1 is 1.00 bits per heavy atom. The van der Waals surface area contributed by atoms with E-state index in [-0.39, 0.29) is 6.04 Å². The van der Waals surface area contributed by atoms with Gasteiger partial charge in [0.2, 0.25) is 0 Å². The van der Waals surface area contributed by atoms with Crippen molar-refractivity contribution in [3.05, 3.63) is 65.2 Å². The third kappa shape index (κ3) is 3.08. The first-order chi connectivity index (χ1) is 10.4. The second-order valence-electron chi connectivity index (χ2n) is 5.62. The van der Waals surface area contributed by atoms with Crippen LogP contribution in [-0.4, -0.2) is 0 Å². The van der Waals surface area contributed by atoms with Crippen LogP contribution in [0.1, 0.15) is 42.0 Å². The smallest absolute Gasteiger partial charge is 0.0647 e. The zero-order valence-corrected chi connectivity index (χ0v) is 12.2. The van der Waals surface area contributed by atoms with Crippen LogP contribution in [0.15, 0.2) is 48.5 Å². The maximum Gasteiger partial charge on any atom is 0.0647 e. The monoisotopic (exact) mass is 276 g/mol. The summed E-state index contributed by atoms with van der Waals surface area (Å²) in [6.07, 6.45) is 5.36. The molecule has 1 N–H and O–H groups in total. The predicted molar refractivity (Wildman–Crippen MR) is 86.1 cm³/mol. The number of aryl methyl sites for hydroxylation is 1. The molecule has 0 aromatic heterocycles. The number of rotatable bonds is 4. The second-order valence-corrected chi connectivity index (χ2v) is 5.62. The third-order valence-corrected chi connectivity index (χ3v) is 4.22. The highest BCUT2D eigenvalue weighted by Gasteiger charge is 2.16. The van der Waals surface area contributed by atoms with Gasteiger partial charge in [0.1, 0.15) is 0 Å². The average Bonchev–Trinajstić information content (AvgIpc) is 2.55. The number of benzene rings is 2. The number of hydrogen-bond acceptors (Lipinski definition) is 2. The average molecular weight is 276 g/mol. The van der Waals surface area contributed by atoms with E-state index in [0.29, 0.717) is 6.42 Å². The number of nitrogens with one attached hydrogen (secondary N) is 1. The molecular formula is C19H20N2. The molecule has 2 aromatic rings. The molecule has 2 nitrogen and oxygen atoms in total. The molecule has 0 bridgehead atoms. The molecule has 2 aromatic carbocycles. The summed E-state index contributed by atoms with van der Waals surface area (Å²) in [5.41, 5.74) is 5.29. The van der Waals surface area contributed by atoms with Crippen molar-refractivity contribution in [2.75, 3.05) is 5.32 Å². The minimum absolute atomic E-state index is 0.0598. The van der Waals surface area contributed by atoms with E-state index < -0.39 is 0 Å². The van der Waals surface area contributed by atoms with Crippen molar-refractivity contribution in [1.82, 2.24) is 0 Å². The highest BCUT2D eigenvalue weighted by atomic mass is 14.9. The number of nitrogens with zero attached hydrogens (tertiary/aromatic N) is 1. The van der Waals surface area contributed by atoms with Crippen molar-refractivity contribution in [2.45, 2.75) is 38.1 Å². The molecule has 0 saturated carbocycles. The summed E-state index contributed by atoms with van der Waals surface area (Å²) in [6.45, 7) is 0. The van der Waals surface area contributed by atoms with Crippen molar-refractivity contribution in [2.24, 2.45) is 0 Å². The van der Waals surface area contributed by atoms with Gasteiger partial charge in [-0.15, -0.1) is 0 Å². The van der Waals surface area contributed by atoms with Gasteiger partial charge in [-0.05, 0) is 48.4 Å².